The molecule has 0 aliphatic heterocycles. The Labute approximate surface area is 110 Å². The zero-order chi connectivity index (χ0) is 13.8. The number of aldehydes is 1. The fourth-order valence-corrected chi connectivity index (χ4v) is 1.31. The highest BCUT2D eigenvalue weighted by Gasteiger charge is 2.34. The van der Waals surface area contributed by atoms with E-state index in [4.69, 9.17) is 0 Å². The number of benzene rings is 1. The second kappa shape index (κ2) is 5.99. The second-order valence-corrected chi connectivity index (χ2v) is 4.30. The number of carbonyl (C=O) groups excluding carboxylic acids is 1. The van der Waals surface area contributed by atoms with Gasteiger partial charge in [0.1, 0.15) is 16.9 Å². The number of halogens is 4. The highest BCUT2D eigenvalue weighted by Crippen LogP contribution is 2.37. The van der Waals surface area contributed by atoms with E-state index < -0.39 is 16.6 Å². The van der Waals surface area contributed by atoms with Gasteiger partial charge in [0.05, 0.1) is 18.4 Å². The molecule has 18 heavy (non-hydrogen) atoms. The van der Waals surface area contributed by atoms with Crippen molar-refractivity contribution in [3.05, 3.63) is 23.8 Å². The summed E-state index contributed by atoms with van der Waals surface area (Å²) in [6, 6.07) is 3.24. The van der Waals surface area contributed by atoms with Gasteiger partial charge in [-0.3, -0.25) is 4.99 Å². The van der Waals surface area contributed by atoms with Gasteiger partial charge < -0.3 is 9.53 Å². The van der Waals surface area contributed by atoms with Gasteiger partial charge in [-0.05, 0) is 12.1 Å². The molecule has 0 N–H and O–H groups in total. The molecule has 1 rings (SSSR count). The lowest BCUT2D eigenvalue weighted by Crippen LogP contribution is -2.07. The highest BCUT2D eigenvalue weighted by molar-refractivity contribution is 9.10. The van der Waals surface area contributed by atoms with Crippen LogP contribution in [0.15, 0.2) is 23.2 Å². The molecule has 1 aromatic carbocycles. The van der Waals surface area contributed by atoms with E-state index in [9.17, 15) is 18.0 Å². The van der Waals surface area contributed by atoms with Gasteiger partial charge in [0.2, 0.25) is 0 Å². The Bertz CT molecular complexity index is 460. The smallest absolute Gasteiger partial charge is 0.419 e. The van der Waals surface area contributed by atoms with Gasteiger partial charge in [-0.15, -0.1) is 0 Å². The highest BCUT2D eigenvalue weighted by atomic mass is 79.9. The van der Waals surface area contributed by atoms with Crippen LogP contribution in [-0.4, -0.2) is 24.4 Å². The second-order valence-electron chi connectivity index (χ2n) is 3.24. The molecule has 7 heteroatoms. The summed E-state index contributed by atoms with van der Waals surface area (Å²) in [6.45, 7) is 0. The first kappa shape index (κ1) is 14.7. The summed E-state index contributed by atoms with van der Waals surface area (Å²) in [5.74, 6) is -0.311. The maximum Gasteiger partial charge on any atom is 0.419 e. The van der Waals surface area contributed by atoms with E-state index in [0.29, 0.717) is 6.29 Å². The molecule has 0 aromatic heterocycles. The van der Waals surface area contributed by atoms with Crippen molar-refractivity contribution in [3.63, 3.8) is 0 Å². The van der Waals surface area contributed by atoms with E-state index in [-0.39, 0.29) is 11.4 Å². The van der Waals surface area contributed by atoms with Crippen molar-refractivity contribution in [2.75, 3.05) is 7.11 Å². The summed E-state index contributed by atoms with van der Waals surface area (Å²) < 4.78 is 42.4. The molecule has 1 atom stereocenters. The fraction of sp³-hybridized carbons (Fsp3) is 0.273. The number of aliphatic imine (C=N–C) groups is 1. The molecule has 3 nitrogen and oxygen atoms in total. The van der Waals surface area contributed by atoms with E-state index in [2.05, 4.69) is 25.7 Å². The van der Waals surface area contributed by atoms with Gasteiger partial charge in [0.25, 0.3) is 0 Å². The molecule has 0 saturated carbocycles. The van der Waals surface area contributed by atoms with Crippen LogP contribution in [0.2, 0.25) is 0 Å². The lowest BCUT2D eigenvalue weighted by molar-refractivity contribution is -0.138. The van der Waals surface area contributed by atoms with Gasteiger partial charge in [-0.2, -0.15) is 13.2 Å². The van der Waals surface area contributed by atoms with Gasteiger partial charge in [-0.1, -0.05) is 15.9 Å². The van der Waals surface area contributed by atoms with Crippen LogP contribution >= 0.6 is 15.9 Å². The Morgan fingerprint density at radius 2 is 2.11 bits per heavy atom. The summed E-state index contributed by atoms with van der Waals surface area (Å²) in [7, 11) is 1.15. The van der Waals surface area contributed by atoms with E-state index in [1.807, 2.05) is 0 Å². The van der Waals surface area contributed by atoms with E-state index in [1.54, 1.807) is 0 Å². The lowest BCUT2D eigenvalue weighted by atomic mass is 10.1. The Hall–Kier alpha value is -1.37. The third-order valence-electron chi connectivity index (χ3n) is 1.99. The minimum atomic E-state index is -4.48. The molecule has 0 aliphatic carbocycles. The minimum absolute atomic E-state index is 0.270. The molecule has 1 aromatic rings. The quantitative estimate of drug-likeness (QED) is 0.484. The Morgan fingerprint density at radius 1 is 1.44 bits per heavy atom. The molecule has 1 unspecified atom stereocenters. The molecule has 0 heterocycles. The van der Waals surface area contributed by atoms with Crippen LogP contribution in [0, 0.1) is 0 Å². The molecule has 98 valence electrons. The fourth-order valence-electron chi connectivity index (χ4n) is 1.19. The average Bonchev–Trinajstić information content (AvgIpc) is 2.34. The zero-order valence-electron chi connectivity index (χ0n) is 9.24. The van der Waals surface area contributed by atoms with Crippen LogP contribution < -0.4 is 4.74 Å². The van der Waals surface area contributed by atoms with E-state index in [1.165, 1.54) is 12.3 Å². The Morgan fingerprint density at radius 3 is 2.61 bits per heavy atom. The number of methoxy groups -OCH3 is 1. The molecule has 0 fully saturated rings. The molecule has 0 spiro atoms. The molecule has 0 radical (unpaired) electrons. The molecule has 0 saturated heterocycles. The molecule has 0 aliphatic rings. The predicted octanol–water partition coefficient (Wildman–Crippen LogP) is 3.38. The summed E-state index contributed by atoms with van der Waals surface area (Å²) in [6.07, 6.45) is -2.60. The number of nitrogens with zero attached hydrogens (tertiary/aromatic N) is 1. The molecule has 0 amide bonds. The van der Waals surface area contributed by atoms with Crippen molar-refractivity contribution >= 4 is 34.1 Å². The largest absolute Gasteiger partial charge is 0.496 e. The number of rotatable bonds is 4. The Kier molecular flexibility index (Phi) is 4.89. The van der Waals surface area contributed by atoms with E-state index in [0.717, 1.165) is 19.2 Å². The summed E-state index contributed by atoms with van der Waals surface area (Å²) in [4.78, 5) is 13.6. The van der Waals surface area contributed by atoms with Crippen LogP contribution in [0.1, 0.15) is 5.56 Å². The number of ether oxygens (including phenoxy) is 1. The van der Waals surface area contributed by atoms with Crippen molar-refractivity contribution in [2.24, 2.45) is 4.99 Å². The number of hydrogen-bond donors (Lipinski definition) is 0. The van der Waals surface area contributed by atoms with Crippen LogP contribution in [0.3, 0.4) is 0 Å². The van der Waals surface area contributed by atoms with Crippen LogP contribution in [0.4, 0.5) is 18.9 Å². The van der Waals surface area contributed by atoms with Crippen molar-refractivity contribution in [1.82, 2.24) is 0 Å². The summed E-state index contributed by atoms with van der Waals surface area (Å²) in [5, 5.41) is 0. The number of carbonyl (C=O) groups is 1. The van der Waals surface area contributed by atoms with Crippen LogP contribution in [-0.2, 0) is 11.0 Å². The van der Waals surface area contributed by atoms with Crippen molar-refractivity contribution in [2.45, 2.75) is 11.0 Å². The van der Waals surface area contributed by atoms with Gasteiger partial charge in [0.15, 0.2) is 0 Å². The SMILES string of the molecule is COc1cc(/N=C/C(Br)C=O)ccc1C(F)(F)F. The van der Waals surface area contributed by atoms with Crippen molar-refractivity contribution in [3.8, 4) is 5.75 Å². The van der Waals surface area contributed by atoms with Gasteiger partial charge >= 0.3 is 6.18 Å². The van der Waals surface area contributed by atoms with Gasteiger partial charge in [-0.25, -0.2) is 0 Å². The maximum absolute atomic E-state index is 12.6. The molecular formula is C11H9BrF3NO2. The zero-order valence-corrected chi connectivity index (χ0v) is 10.8. The third-order valence-corrected chi connectivity index (χ3v) is 2.44. The first-order chi connectivity index (χ1) is 8.38. The van der Waals surface area contributed by atoms with E-state index >= 15 is 0 Å². The average molecular weight is 324 g/mol. The molecular weight excluding hydrogens is 315 g/mol. The topological polar surface area (TPSA) is 38.7 Å². The lowest BCUT2D eigenvalue weighted by Gasteiger charge is -2.11. The minimum Gasteiger partial charge on any atom is -0.496 e. The first-order valence-corrected chi connectivity index (χ1v) is 5.69. The van der Waals surface area contributed by atoms with Gasteiger partial charge in [0, 0.05) is 12.3 Å². The van der Waals surface area contributed by atoms with Crippen molar-refractivity contribution in [1.29, 1.82) is 0 Å². The first-order valence-electron chi connectivity index (χ1n) is 4.77. The van der Waals surface area contributed by atoms with Crippen LogP contribution in [0.5, 0.6) is 5.75 Å². The standard InChI is InChI=1S/C11H9BrF3NO2/c1-18-10-4-8(16-5-7(12)6-17)2-3-9(10)11(13,14)15/h2-7H,1H3/b16-5+. The molecule has 0 bridgehead atoms. The van der Waals surface area contributed by atoms with Crippen LogP contribution in [0.25, 0.3) is 0 Å². The number of hydrogen-bond acceptors (Lipinski definition) is 3. The third kappa shape index (κ3) is 3.83. The summed E-state index contributed by atoms with van der Waals surface area (Å²) >= 11 is 2.99. The predicted molar refractivity (Wildman–Crippen MR) is 64.9 cm³/mol. The maximum atomic E-state index is 12.6. The monoisotopic (exact) mass is 323 g/mol. The summed E-state index contributed by atoms with van der Waals surface area (Å²) in [5.41, 5.74) is -0.596. The normalized spacial score (nSPS) is 13.6. The number of alkyl halides is 4. The van der Waals surface area contributed by atoms with Crippen molar-refractivity contribution < 1.29 is 22.7 Å². The Balaban J connectivity index is 3.06.